The molecule has 0 saturated carbocycles. The van der Waals surface area contributed by atoms with E-state index in [0.717, 1.165) is 6.42 Å². The summed E-state index contributed by atoms with van der Waals surface area (Å²) in [5.74, 6) is 0.0882. The number of hydrogen-bond donors (Lipinski definition) is 2. The van der Waals surface area contributed by atoms with Crippen LogP contribution in [0.5, 0.6) is 0 Å². The minimum absolute atomic E-state index is 0.0882. The minimum atomic E-state index is 0.0882. The van der Waals surface area contributed by atoms with Crippen molar-refractivity contribution in [2.75, 3.05) is 13.1 Å². The highest BCUT2D eigenvalue weighted by Gasteiger charge is 2.19. The number of benzene rings is 1. The summed E-state index contributed by atoms with van der Waals surface area (Å²) in [7, 11) is 0. The van der Waals surface area contributed by atoms with Gasteiger partial charge in [0.15, 0.2) is 6.54 Å². The van der Waals surface area contributed by atoms with E-state index in [4.69, 9.17) is 0 Å². The van der Waals surface area contributed by atoms with Crippen LogP contribution in [0.1, 0.15) is 26.9 Å². The number of quaternary nitrogens is 1. The average Bonchev–Trinajstić information content (AvgIpc) is 3.30. The summed E-state index contributed by atoms with van der Waals surface area (Å²) in [6, 6.07) is 17.1. The van der Waals surface area contributed by atoms with E-state index in [0.29, 0.717) is 13.1 Å². The lowest BCUT2D eigenvalue weighted by molar-refractivity contribution is -0.676. The number of carbonyl (C=O) groups is 1. The second-order valence-electron chi connectivity index (χ2n) is 6.02. The van der Waals surface area contributed by atoms with E-state index < -0.39 is 0 Å². The van der Waals surface area contributed by atoms with Crippen LogP contribution in [0.4, 0.5) is 0 Å². The van der Waals surface area contributed by atoms with Crippen molar-refractivity contribution in [1.82, 2.24) is 5.32 Å². The summed E-state index contributed by atoms with van der Waals surface area (Å²) in [6.45, 7) is 3.22. The van der Waals surface area contributed by atoms with E-state index in [1.165, 1.54) is 20.9 Å². The average molecular weight is 372 g/mol. The highest BCUT2D eigenvalue weighted by molar-refractivity contribution is 7.10. The van der Waals surface area contributed by atoms with Gasteiger partial charge in [-0.15, -0.1) is 22.7 Å². The second kappa shape index (κ2) is 8.94. The molecule has 2 aromatic heterocycles. The first-order chi connectivity index (χ1) is 12.2. The molecular formula is C20H23N2OS2+. The number of thiophene rings is 2. The molecule has 0 aliphatic rings. The van der Waals surface area contributed by atoms with Crippen LogP contribution < -0.4 is 10.6 Å². The van der Waals surface area contributed by atoms with Gasteiger partial charge in [-0.25, -0.2) is 0 Å². The molecule has 0 spiro atoms. The number of nitrogens with one attached hydrogen (secondary N) is 1. The predicted molar refractivity (Wildman–Crippen MR) is 105 cm³/mol. The summed E-state index contributed by atoms with van der Waals surface area (Å²) >= 11 is 3.47. The lowest BCUT2D eigenvalue weighted by atomic mass is 10.0. The number of hydrogen-bond acceptors (Lipinski definition) is 3. The molecule has 3 N–H and O–H groups in total. The zero-order valence-electron chi connectivity index (χ0n) is 14.3. The fraction of sp³-hybridized carbons (Fsp3) is 0.250. The lowest BCUT2D eigenvalue weighted by Gasteiger charge is -2.15. The van der Waals surface area contributed by atoms with Gasteiger partial charge in [0.05, 0.1) is 4.88 Å². The molecule has 0 unspecified atom stereocenters. The summed E-state index contributed by atoms with van der Waals surface area (Å²) < 4.78 is 0. The van der Waals surface area contributed by atoms with Crippen molar-refractivity contribution in [3.05, 3.63) is 80.2 Å². The maximum atomic E-state index is 12.2. The van der Waals surface area contributed by atoms with Crippen molar-refractivity contribution in [2.24, 2.45) is 0 Å². The summed E-state index contributed by atoms with van der Waals surface area (Å²) in [5.41, 5.74) is 2.49. The first kappa shape index (κ1) is 17.9. The smallest absolute Gasteiger partial charge is 0.275 e. The molecule has 1 aromatic carbocycles. The van der Waals surface area contributed by atoms with Crippen molar-refractivity contribution in [3.8, 4) is 0 Å². The molecular weight excluding hydrogens is 348 g/mol. The molecule has 0 radical (unpaired) electrons. The molecule has 0 fully saturated rings. The van der Waals surface area contributed by atoms with E-state index in [9.17, 15) is 4.79 Å². The summed E-state index contributed by atoms with van der Waals surface area (Å²) in [6.07, 6.45) is 0.899. The lowest BCUT2D eigenvalue weighted by Crippen LogP contribution is -2.87. The van der Waals surface area contributed by atoms with Crippen LogP contribution in [0.15, 0.2) is 59.3 Å². The monoisotopic (exact) mass is 371 g/mol. The largest absolute Gasteiger partial charge is 0.351 e. The maximum absolute atomic E-state index is 12.2. The van der Waals surface area contributed by atoms with Gasteiger partial charge >= 0.3 is 0 Å². The highest BCUT2D eigenvalue weighted by atomic mass is 32.1. The van der Waals surface area contributed by atoms with Crippen LogP contribution in [0.2, 0.25) is 0 Å². The van der Waals surface area contributed by atoms with Crippen molar-refractivity contribution < 1.29 is 10.1 Å². The van der Waals surface area contributed by atoms with Crippen LogP contribution in [-0.2, 0) is 11.2 Å². The van der Waals surface area contributed by atoms with Crippen molar-refractivity contribution >= 4 is 28.6 Å². The van der Waals surface area contributed by atoms with Gasteiger partial charge in [0.1, 0.15) is 6.04 Å². The molecule has 2 heterocycles. The molecule has 3 aromatic rings. The Morgan fingerprint density at radius 2 is 1.84 bits per heavy atom. The van der Waals surface area contributed by atoms with Gasteiger partial charge < -0.3 is 10.6 Å². The molecule has 25 heavy (non-hydrogen) atoms. The third kappa shape index (κ3) is 5.26. The van der Waals surface area contributed by atoms with E-state index in [-0.39, 0.29) is 11.9 Å². The first-order valence-electron chi connectivity index (χ1n) is 8.45. The van der Waals surface area contributed by atoms with E-state index in [1.807, 2.05) is 6.07 Å². The quantitative estimate of drug-likeness (QED) is 0.628. The molecule has 1 atom stereocenters. The Kier molecular flexibility index (Phi) is 6.39. The van der Waals surface area contributed by atoms with Crippen molar-refractivity contribution in [3.63, 3.8) is 0 Å². The Morgan fingerprint density at radius 1 is 1.08 bits per heavy atom. The van der Waals surface area contributed by atoms with Gasteiger partial charge in [-0.05, 0) is 36.2 Å². The number of nitrogens with two attached hydrogens (primary N) is 1. The van der Waals surface area contributed by atoms with Crippen molar-refractivity contribution in [2.45, 2.75) is 19.4 Å². The molecule has 3 nitrogen and oxygen atoms in total. The third-order valence-electron chi connectivity index (χ3n) is 4.10. The van der Waals surface area contributed by atoms with Gasteiger partial charge in [-0.1, -0.05) is 42.0 Å². The maximum Gasteiger partial charge on any atom is 0.275 e. The van der Waals surface area contributed by atoms with E-state index >= 15 is 0 Å². The predicted octanol–water partition coefficient (Wildman–Crippen LogP) is 3.13. The topological polar surface area (TPSA) is 45.7 Å². The Balaban J connectivity index is 1.55. The standard InChI is InChI=1S/C20H22N2OS2/c1-15-6-8-16(9-7-15)20(18-5-3-13-25-18)22-14-19(23)21-11-10-17-4-2-12-24-17/h2-9,12-13,20,22H,10-11,14H2,1H3,(H,21,23)/p+1/t20-/m1/s1. The molecule has 5 heteroatoms. The first-order valence-corrected chi connectivity index (χ1v) is 10.2. The van der Waals surface area contributed by atoms with Gasteiger partial charge in [0.2, 0.25) is 0 Å². The van der Waals surface area contributed by atoms with E-state index in [2.05, 4.69) is 70.8 Å². The van der Waals surface area contributed by atoms with Crippen LogP contribution in [0.3, 0.4) is 0 Å². The zero-order valence-corrected chi connectivity index (χ0v) is 15.9. The van der Waals surface area contributed by atoms with Gasteiger partial charge in [0.25, 0.3) is 5.91 Å². The molecule has 0 saturated heterocycles. The number of amides is 1. The SMILES string of the molecule is Cc1ccc([C@@H]([NH2+]CC(=O)NCCc2cccs2)c2cccs2)cc1. The van der Waals surface area contributed by atoms with Gasteiger partial charge in [0, 0.05) is 17.0 Å². The number of rotatable bonds is 8. The zero-order chi connectivity index (χ0) is 17.5. The van der Waals surface area contributed by atoms with Crippen LogP contribution in [0, 0.1) is 6.92 Å². The summed E-state index contributed by atoms with van der Waals surface area (Å²) in [4.78, 5) is 14.8. The Bertz CT molecular complexity index is 765. The molecule has 3 rings (SSSR count). The fourth-order valence-corrected chi connectivity index (χ4v) is 4.29. The van der Waals surface area contributed by atoms with Gasteiger partial charge in [-0.3, -0.25) is 4.79 Å². The normalized spacial score (nSPS) is 12.0. The molecule has 0 aliphatic carbocycles. The number of aryl methyl sites for hydroxylation is 1. The molecule has 0 bridgehead atoms. The van der Waals surface area contributed by atoms with E-state index in [1.54, 1.807) is 22.7 Å². The van der Waals surface area contributed by atoms with Crippen LogP contribution in [-0.4, -0.2) is 19.0 Å². The highest BCUT2D eigenvalue weighted by Crippen LogP contribution is 2.22. The molecule has 0 aliphatic heterocycles. The van der Waals surface area contributed by atoms with Crippen LogP contribution in [0.25, 0.3) is 0 Å². The second-order valence-corrected chi connectivity index (χ2v) is 8.03. The minimum Gasteiger partial charge on any atom is -0.351 e. The number of carbonyl (C=O) groups excluding carboxylic acids is 1. The Morgan fingerprint density at radius 3 is 2.52 bits per heavy atom. The molecule has 130 valence electrons. The summed E-state index contributed by atoms with van der Waals surface area (Å²) in [5, 5.41) is 9.30. The van der Waals surface area contributed by atoms with Crippen molar-refractivity contribution in [1.29, 1.82) is 0 Å². The van der Waals surface area contributed by atoms with Crippen LogP contribution >= 0.6 is 22.7 Å². The fourth-order valence-electron chi connectivity index (χ4n) is 2.74. The Hall–Kier alpha value is -1.95. The molecule has 1 amide bonds. The third-order valence-corrected chi connectivity index (χ3v) is 5.99. The van der Waals surface area contributed by atoms with Gasteiger partial charge in [-0.2, -0.15) is 0 Å². The Labute approximate surface area is 156 Å².